The van der Waals surface area contributed by atoms with Gasteiger partial charge in [0.05, 0.1) is 17.7 Å². The first kappa shape index (κ1) is 30.7. The lowest BCUT2D eigenvalue weighted by Gasteiger charge is -2.33. The molecule has 0 radical (unpaired) electrons. The van der Waals surface area contributed by atoms with Crippen molar-refractivity contribution in [2.24, 2.45) is 0 Å². The van der Waals surface area contributed by atoms with Crippen LogP contribution in [0.15, 0.2) is 83.8 Å². The Bertz CT molecular complexity index is 1360. The first-order valence-corrected chi connectivity index (χ1v) is 15.0. The Hall–Kier alpha value is -3.85. The zero-order valence-electron chi connectivity index (χ0n) is 23.7. The summed E-state index contributed by atoms with van der Waals surface area (Å²) in [4.78, 5) is 28.8. The number of rotatable bonds is 14. The average Bonchev–Trinajstić information content (AvgIpc) is 2.96. The highest BCUT2D eigenvalue weighted by Gasteiger charge is 2.33. The van der Waals surface area contributed by atoms with E-state index in [4.69, 9.17) is 4.74 Å². The van der Waals surface area contributed by atoms with E-state index < -0.39 is 28.5 Å². The fourth-order valence-electron chi connectivity index (χ4n) is 4.34. The van der Waals surface area contributed by atoms with Gasteiger partial charge in [-0.25, -0.2) is 8.42 Å². The molecule has 3 aromatic rings. The van der Waals surface area contributed by atoms with Crippen molar-refractivity contribution in [1.82, 2.24) is 10.2 Å². The van der Waals surface area contributed by atoms with E-state index in [0.29, 0.717) is 18.7 Å². The summed E-state index contributed by atoms with van der Waals surface area (Å²) in [5.74, 6) is -0.286. The third-order valence-corrected chi connectivity index (χ3v) is 8.43. The average molecular weight is 566 g/mol. The van der Waals surface area contributed by atoms with Crippen molar-refractivity contribution < 1.29 is 22.7 Å². The first-order chi connectivity index (χ1) is 19.2. The van der Waals surface area contributed by atoms with E-state index in [-0.39, 0.29) is 23.0 Å². The maximum atomic E-state index is 14.1. The number of aryl methyl sites for hydroxylation is 1. The molecule has 0 aliphatic rings. The first-order valence-electron chi connectivity index (χ1n) is 13.6. The van der Waals surface area contributed by atoms with Gasteiger partial charge in [-0.15, -0.1) is 0 Å². The normalized spacial score (nSPS) is 11.9. The van der Waals surface area contributed by atoms with Gasteiger partial charge in [-0.3, -0.25) is 13.9 Å². The molecule has 1 N–H and O–H groups in total. The highest BCUT2D eigenvalue weighted by molar-refractivity contribution is 7.92. The number of sulfonamides is 1. The second-order valence-corrected chi connectivity index (χ2v) is 11.5. The van der Waals surface area contributed by atoms with Crippen molar-refractivity contribution >= 4 is 27.5 Å². The van der Waals surface area contributed by atoms with Crippen LogP contribution in [0.5, 0.6) is 5.75 Å². The van der Waals surface area contributed by atoms with Crippen molar-refractivity contribution in [2.45, 2.75) is 57.5 Å². The third kappa shape index (κ3) is 7.85. The van der Waals surface area contributed by atoms with Crippen LogP contribution in [0.25, 0.3) is 0 Å². The van der Waals surface area contributed by atoms with Gasteiger partial charge in [0, 0.05) is 19.2 Å². The van der Waals surface area contributed by atoms with Gasteiger partial charge in [-0.1, -0.05) is 74.4 Å². The van der Waals surface area contributed by atoms with E-state index in [9.17, 15) is 18.0 Å². The quantitative estimate of drug-likeness (QED) is 0.280. The number of methoxy groups -OCH3 is 1. The number of hydrogen-bond donors (Lipinski definition) is 1. The van der Waals surface area contributed by atoms with Crippen LogP contribution in [0.4, 0.5) is 5.69 Å². The van der Waals surface area contributed by atoms with Gasteiger partial charge in [0.25, 0.3) is 10.0 Å². The molecule has 0 saturated heterocycles. The molecule has 0 heterocycles. The summed E-state index contributed by atoms with van der Waals surface area (Å²) in [6.45, 7) is 5.94. The number of carbonyl (C=O) groups is 2. The smallest absolute Gasteiger partial charge is 0.264 e. The van der Waals surface area contributed by atoms with Gasteiger partial charge >= 0.3 is 0 Å². The van der Waals surface area contributed by atoms with Gasteiger partial charge in [0.1, 0.15) is 18.3 Å². The molecule has 1 atom stereocenters. The molecule has 3 rings (SSSR count). The highest BCUT2D eigenvalue weighted by Crippen LogP contribution is 2.28. The largest absolute Gasteiger partial charge is 0.497 e. The van der Waals surface area contributed by atoms with E-state index in [2.05, 4.69) is 5.32 Å². The Balaban J connectivity index is 2.04. The Morgan fingerprint density at radius 2 is 1.65 bits per heavy atom. The fraction of sp³-hybridized carbons (Fsp3) is 0.355. The van der Waals surface area contributed by atoms with Crippen LogP contribution in [-0.4, -0.2) is 51.4 Å². The lowest BCUT2D eigenvalue weighted by atomic mass is 10.1. The topological polar surface area (TPSA) is 96.0 Å². The molecule has 1 unspecified atom stereocenters. The van der Waals surface area contributed by atoms with E-state index in [1.165, 1.54) is 24.1 Å². The third-order valence-electron chi connectivity index (χ3n) is 6.64. The summed E-state index contributed by atoms with van der Waals surface area (Å²) in [5, 5.41) is 2.94. The molecule has 9 heteroatoms. The van der Waals surface area contributed by atoms with Crippen LogP contribution in [0.2, 0.25) is 0 Å². The van der Waals surface area contributed by atoms with E-state index >= 15 is 0 Å². The summed E-state index contributed by atoms with van der Waals surface area (Å²) in [7, 11) is -2.64. The minimum absolute atomic E-state index is 0.0627. The number of ether oxygens (including phenoxy) is 1. The summed E-state index contributed by atoms with van der Waals surface area (Å²) < 4.78 is 34.3. The van der Waals surface area contributed by atoms with Crippen molar-refractivity contribution in [1.29, 1.82) is 0 Å². The number of nitrogens with zero attached hydrogens (tertiary/aromatic N) is 2. The van der Waals surface area contributed by atoms with Crippen LogP contribution in [0, 0.1) is 6.92 Å². The molecule has 0 bridgehead atoms. The van der Waals surface area contributed by atoms with Gasteiger partial charge in [0.2, 0.25) is 11.8 Å². The van der Waals surface area contributed by atoms with Crippen molar-refractivity contribution in [3.8, 4) is 5.75 Å². The Labute approximate surface area is 238 Å². The van der Waals surface area contributed by atoms with Crippen LogP contribution >= 0.6 is 0 Å². The van der Waals surface area contributed by atoms with Crippen LogP contribution in [-0.2, 0) is 26.2 Å². The molecule has 0 aromatic heterocycles. The van der Waals surface area contributed by atoms with Crippen molar-refractivity contribution in [3.63, 3.8) is 0 Å². The van der Waals surface area contributed by atoms with Crippen molar-refractivity contribution in [2.75, 3.05) is 24.5 Å². The molecule has 40 heavy (non-hydrogen) atoms. The summed E-state index contributed by atoms with van der Waals surface area (Å²) >= 11 is 0. The zero-order valence-corrected chi connectivity index (χ0v) is 24.5. The molecule has 0 spiro atoms. The standard InChI is InChI=1S/C31H39N3O5S/c1-5-7-20-32-31(36)29(6-2)33(22-25-12-9-8-10-13-25)30(35)23-34(26-14-11-15-27(21-26)39-4)40(37,38)28-18-16-24(3)17-19-28/h8-19,21,29H,5-7,20,22-23H2,1-4H3,(H,32,36). The van der Waals surface area contributed by atoms with Gasteiger partial charge in [0.15, 0.2) is 0 Å². The van der Waals surface area contributed by atoms with Crippen LogP contribution in [0.3, 0.4) is 0 Å². The number of amides is 2. The number of hydrogen-bond acceptors (Lipinski definition) is 5. The molecule has 3 aromatic carbocycles. The minimum atomic E-state index is -4.14. The molecule has 0 saturated carbocycles. The van der Waals surface area contributed by atoms with Gasteiger partial charge in [-0.05, 0) is 49.6 Å². The van der Waals surface area contributed by atoms with Gasteiger partial charge in [-0.2, -0.15) is 0 Å². The second-order valence-electron chi connectivity index (χ2n) is 9.60. The second kappa shape index (κ2) is 14.5. The van der Waals surface area contributed by atoms with Gasteiger partial charge < -0.3 is 15.0 Å². The predicted molar refractivity (Wildman–Crippen MR) is 158 cm³/mol. The Morgan fingerprint density at radius 1 is 0.950 bits per heavy atom. The fourth-order valence-corrected chi connectivity index (χ4v) is 5.74. The lowest BCUT2D eigenvalue weighted by Crippen LogP contribution is -2.52. The van der Waals surface area contributed by atoms with E-state index in [1.54, 1.807) is 36.4 Å². The van der Waals surface area contributed by atoms with E-state index in [1.807, 2.05) is 51.1 Å². The maximum absolute atomic E-state index is 14.1. The molecule has 2 amide bonds. The summed E-state index contributed by atoms with van der Waals surface area (Å²) in [6, 6.07) is 21.7. The predicted octanol–water partition coefficient (Wildman–Crippen LogP) is 4.92. The maximum Gasteiger partial charge on any atom is 0.264 e. The summed E-state index contributed by atoms with van der Waals surface area (Å²) in [6.07, 6.45) is 2.13. The monoisotopic (exact) mass is 565 g/mol. The SMILES string of the molecule is CCCCNC(=O)C(CC)N(Cc1ccccc1)C(=O)CN(c1cccc(OC)c1)S(=O)(=O)c1ccc(C)cc1. The number of nitrogens with one attached hydrogen (secondary N) is 1. The molecule has 8 nitrogen and oxygen atoms in total. The molecular weight excluding hydrogens is 526 g/mol. The molecular formula is C31H39N3O5S. The highest BCUT2D eigenvalue weighted by atomic mass is 32.2. The van der Waals surface area contributed by atoms with Crippen LogP contribution < -0.4 is 14.4 Å². The molecule has 0 aliphatic heterocycles. The lowest BCUT2D eigenvalue weighted by molar-refractivity contribution is -0.140. The van der Waals surface area contributed by atoms with Crippen molar-refractivity contribution in [3.05, 3.63) is 90.0 Å². The number of anilines is 1. The Morgan fingerprint density at radius 3 is 2.27 bits per heavy atom. The van der Waals surface area contributed by atoms with E-state index in [0.717, 1.165) is 28.3 Å². The molecule has 0 fully saturated rings. The minimum Gasteiger partial charge on any atom is -0.497 e. The van der Waals surface area contributed by atoms with Crippen LogP contribution in [0.1, 0.15) is 44.2 Å². The number of unbranched alkanes of at least 4 members (excludes halogenated alkanes) is 1. The number of carbonyl (C=O) groups excluding carboxylic acids is 2. The summed E-state index contributed by atoms with van der Waals surface area (Å²) in [5.41, 5.74) is 2.04. The molecule has 214 valence electrons. The molecule has 0 aliphatic carbocycles. The zero-order chi connectivity index (χ0) is 29.1. The Kier molecular flexibility index (Phi) is 11.1. The number of benzene rings is 3.